The molecule has 0 spiro atoms. The Kier molecular flexibility index (Phi) is 6.27. The molecule has 11 heteroatoms. The molecule has 5 rings (SSSR count). The second kappa shape index (κ2) is 9.51. The maximum Gasteiger partial charge on any atom is 0.332 e. The molecule has 1 aromatic carbocycles. The Morgan fingerprint density at radius 3 is 2.66 bits per heavy atom. The van der Waals surface area contributed by atoms with Crippen LogP contribution in [-0.4, -0.2) is 47.0 Å². The van der Waals surface area contributed by atoms with E-state index in [2.05, 4.69) is 10.3 Å². The molecule has 0 unspecified atom stereocenters. The number of hydrogen-bond donors (Lipinski definition) is 1. The van der Waals surface area contributed by atoms with Gasteiger partial charge in [-0.05, 0) is 25.0 Å². The molecule has 4 heterocycles. The number of hydrogen-bond acceptors (Lipinski definition) is 8. The van der Waals surface area contributed by atoms with Crippen molar-refractivity contribution in [2.75, 3.05) is 26.1 Å². The van der Waals surface area contributed by atoms with Crippen molar-refractivity contribution in [3.8, 4) is 11.5 Å². The highest BCUT2D eigenvalue weighted by molar-refractivity contribution is 7.25. The van der Waals surface area contributed by atoms with Gasteiger partial charge in [0.1, 0.15) is 27.6 Å². The molecule has 1 N–H and O–H groups in total. The highest BCUT2D eigenvalue weighted by atomic mass is 32.1. The molecular formula is C24H24N4O6S. The van der Waals surface area contributed by atoms with E-state index in [1.54, 1.807) is 36.5 Å². The zero-order valence-corrected chi connectivity index (χ0v) is 20.1. The van der Waals surface area contributed by atoms with E-state index in [0.29, 0.717) is 44.2 Å². The summed E-state index contributed by atoms with van der Waals surface area (Å²) in [7, 11) is 3.04. The van der Waals surface area contributed by atoms with Crippen molar-refractivity contribution in [3.05, 3.63) is 57.4 Å². The Labute approximate surface area is 203 Å². The van der Waals surface area contributed by atoms with Crippen molar-refractivity contribution >= 4 is 43.4 Å². The SMILES string of the molecule is COc1cc(NC(=O)Cn2c(=O)n(C[C@H]3CCCO3)c(=O)c3sc4ncccc4c32)cc(OC)c1. The van der Waals surface area contributed by atoms with Crippen LogP contribution >= 0.6 is 11.3 Å². The minimum atomic E-state index is -0.556. The lowest BCUT2D eigenvalue weighted by atomic mass is 10.2. The van der Waals surface area contributed by atoms with Crippen LogP contribution in [0.3, 0.4) is 0 Å². The van der Waals surface area contributed by atoms with Crippen LogP contribution in [0, 0.1) is 0 Å². The molecule has 182 valence electrons. The zero-order valence-electron chi connectivity index (χ0n) is 19.3. The van der Waals surface area contributed by atoms with E-state index in [4.69, 9.17) is 14.2 Å². The number of ether oxygens (including phenoxy) is 3. The number of benzene rings is 1. The summed E-state index contributed by atoms with van der Waals surface area (Å²) in [6.07, 6.45) is 3.08. The molecule has 10 nitrogen and oxygen atoms in total. The minimum Gasteiger partial charge on any atom is -0.497 e. The molecule has 0 bridgehead atoms. The summed E-state index contributed by atoms with van der Waals surface area (Å²) in [5, 5.41) is 3.45. The molecule has 1 atom stereocenters. The number of nitrogens with zero attached hydrogens (tertiary/aromatic N) is 3. The fourth-order valence-corrected chi connectivity index (χ4v) is 5.40. The number of methoxy groups -OCH3 is 2. The van der Waals surface area contributed by atoms with E-state index in [9.17, 15) is 14.4 Å². The molecule has 1 amide bonds. The maximum absolute atomic E-state index is 13.6. The topological polar surface area (TPSA) is 114 Å². The zero-order chi connectivity index (χ0) is 24.5. The van der Waals surface area contributed by atoms with Crippen molar-refractivity contribution in [3.63, 3.8) is 0 Å². The van der Waals surface area contributed by atoms with Crippen LogP contribution in [0.5, 0.6) is 11.5 Å². The van der Waals surface area contributed by atoms with Crippen LogP contribution in [0.4, 0.5) is 5.69 Å². The molecule has 3 aromatic heterocycles. The molecule has 4 aromatic rings. The highest BCUT2D eigenvalue weighted by Gasteiger charge is 2.24. The predicted molar refractivity (Wildman–Crippen MR) is 133 cm³/mol. The van der Waals surface area contributed by atoms with E-state index in [-0.39, 0.29) is 19.2 Å². The predicted octanol–water partition coefficient (Wildman–Crippen LogP) is 2.61. The van der Waals surface area contributed by atoms with E-state index < -0.39 is 17.2 Å². The Hall–Kier alpha value is -3.70. The number of anilines is 1. The summed E-state index contributed by atoms with van der Waals surface area (Å²) in [5.41, 5.74) is -0.0762. The van der Waals surface area contributed by atoms with Crippen LogP contribution in [-0.2, 0) is 22.6 Å². The van der Waals surface area contributed by atoms with Gasteiger partial charge in [-0.25, -0.2) is 9.78 Å². The second-order valence-electron chi connectivity index (χ2n) is 8.20. The lowest BCUT2D eigenvalue weighted by Crippen LogP contribution is -2.43. The summed E-state index contributed by atoms with van der Waals surface area (Å²) >= 11 is 1.21. The third kappa shape index (κ3) is 4.40. The smallest absolute Gasteiger partial charge is 0.332 e. The number of thiophene rings is 1. The number of fused-ring (bicyclic) bond motifs is 3. The maximum atomic E-state index is 13.6. The van der Waals surface area contributed by atoms with Gasteiger partial charge in [-0.15, -0.1) is 11.3 Å². The van der Waals surface area contributed by atoms with E-state index in [1.807, 2.05) is 0 Å². The number of amides is 1. The Morgan fingerprint density at radius 2 is 1.97 bits per heavy atom. The van der Waals surface area contributed by atoms with E-state index >= 15 is 0 Å². The van der Waals surface area contributed by atoms with Gasteiger partial charge < -0.3 is 19.5 Å². The summed E-state index contributed by atoms with van der Waals surface area (Å²) in [6, 6.07) is 8.53. The summed E-state index contributed by atoms with van der Waals surface area (Å²) in [4.78, 5) is 45.0. The second-order valence-corrected chi connectivity index (χ2v) is 9.20. The van der Waals surface area contributed by atoms with Crippen molar-refractivity contribution in [1.82, 2.24) is 14.1 Å². The van der Waals surface area contributed by atoms with Crippen molar-refractivity contribution < 1.29 is 19.0 Å². The standard InChI is InChI=1S/C24H24N4O6S/c1-32-16-9-14(10-17(11-16)33-2)26-19(29)13-27-20-18-6-3-7-25-22(18)35-21(20)23(30)28(24(27)31)12-15-5-4-8-34-15/h3,6-7,9-11,15H,4-5,8,12-13H2,1-2H3,(H,26,29)/t15-/m1/s1. The number of rotatable bonds is 7. The van der Waals surface area contributed by atoms with Crippen molar-refractivity contribution in [2.24, 2.45) is 0 Å². The van der Waals surface area contributed by atoms with Crippen LogP contribution in [0.15, 0.2) is 46.1 Å². The average molecular weight is 497 g/mol. The molecule has 1 saturated heterocycles. The normalized spacial score (nSPS) is 15.5. The first-order valence-corrected chi connectivity index (χ1v) is 12.0. The summed E-state index contributed by atoms with van der Waals surface area (Å²) < 4.78 is 19.1. The van der Waals surface area contributed by atoms with Crippen LogP contribution in [0.25, 0.3) is 20.4 Å². The van der Waals surface area contributed by atoms with Crippen LogP contribution in [0.2, 0.25) is 0 Å². The number of aromatic nitrogens is 3. The monoisotopic (exact) mass is 496 g/mol. The molecule has 35 heavy (non-hydrogen) atoms. The third-order valence-corrected chi connectivity index (χ3v) is 7.05. The first-order valence-electron chi connectivity index (χ1n) is 11.1. The van der Waals surface area contributed by atoms with E-state index in [0.717, 1.165) is 12.8 Å². The molecule has 0 aliphatic carbocycles. The molecule has 0 saturated carbocycles. The Balaban J connectivity index is 1.58. The van der Waals surface area contributed by atoms with Gasteiger partial charge in [0, 0.05) is 42.1 Å². The number of pyridine rings is 1. The highest BCUT2D eigenvalue weighted by Crippen LogP contribution is 2.30. The first kappa shape index (κ1) is 23.1. The van der Waals surface area contributed by atoms with Gasteiger partial charge in [-0.3, -0.25) is 18.7 Å². The Morgan fingerprint density at radius 1 is 1.20 bits per heavy atom. The summed E-state index contributed by atoms with van der Waals surface area (Å²) in [6.45, 7) is 0.459. The molecule has 1 aliphatic rings. The quantitative estimate of drug-likeness (QED) is 0.418. The molecular weight excluding hydrogens is 472 g/mol. The largest absolute Gasteiger partial charge is 0.497 e. The van der Waals surface area contributed by atoms with Gasteiger partial charge in [0.05, 0.1) is 32.4 Å². The molecule has 0 radical (unpaired) electrons. The number of nitrogens with one attached hydrogen (secondary N) is 1. The van der Waals surface area contributed by atoms with Gasteiger partial charge in [-0.2, -0.15) is 0 Å². The fraction of sp³-hybridized carbons (Fsp3) is 0.333. The number of carbonyl (C=O) groups excluding carboxylic acids is 1. The van der Waals surface area contributed by atoms with Crippen molar-refractivity contribution in [1.29, 1.82) is 0 Å². The van der Waals surface area contributed by atoms with Gasteiger partial charge in [-0.1, -0.05) is 0 Å². The first-order chi connectivity index (χ1) is 17.0. The molecule has 1 aliphatic heterocycles. The fourth-order valence-electron chi connectivity index (χ4n) is 4.31. The Bertz CT molecular complexity index is 1510. The molecule has 1 fully saturated rings. The average Bonchev–Trinajstić information content (AvgIpc) is 3.52. The van der Waals surface area contributed by atoms with Gasteiger partial charge in [0.25, 0.3) is 5.56 Å². The van der Waals surface area contributed by atoms with Gasteiger partial charge in [0.15, 0.2) is 0 Å². The third-order valence-electron chi connectivity index (χ3n) is 5.96. The van der Waals surface area contributed by atoms with Crippen LogP contribution < -0.4 is 26.0 Å². The van der Waals surface area contributed by atoms with Crippen molar-refractivity contribution in [2.45, 2.75) is 32.0 Å². The van der Waals surface area contributed by atoms with Gasteiger partial charge in [0.2, 0.25) is 5.91 Å². The number of carbonyl (C=O) groups is 1. The lowest BCUT2D eigenvalue weighted by molar-refractivity contribution is -0.116. The lowest BCUT2D eigenvalue weighted by Gasteiger charge is -2.15. The minimum absolute atomic E-state index is 0.143. The van der Waals surface area contributed by atoms with Crippen LogP contribution in [0.1, 0.15) is 12.8 Å². The van der Waals surface area contributed by atoms with Gasteiger partial charge >= 0.3 is 5.69 Å². The van der Waals surface area contributed by atoms with E-state index in [1.165, 1.54) is 34.7 Å². The summed E-state index contributed by atoms with van der Waals surface area (Å²) in [5.74, 6) is 0.590.